The first kappa shape index (κ1) is 21.6. The Hall–Kier alpha value is -3.61. The molecule has 0 radical (unpaired) electrons. The predicted octanol–water partition coefficient (Wildman–Crippen LogP) is 5.57. The topological polar surface area (TPSA) is 82.2 Å². The van der Waals surface area contributed by atoms with Crippen LogP contribution >= 0.6 is 0 Å². The zero-order chi connectivity index (χ0) is 22.8. The molecule has 7 heteroatoms. The van der Waals surface area contributed by atoms with Gasteiger partial charge >= 0.3 is 0 Å². The van der Waals surface area contributed by atoms with Gasteiger partial charge in [0.25, 0.3) is 0 Å². The van der Waals surface area contributed by atoms with Gasteiger partial charge in [0, 0.05) is 22.6 Å². The normalized spacial score (nSPS) is 12.2. The fourth-order valence-electron chi connectivity index (χ4n) is 3.94. The number of hydrogen-bond acceptors (Lipinski definition) is 6. The van der Waals surface area contributed by atoms with Crippen LogP contribution in [-0.4, -0.2) is 33.6 Å². The smallest absolute Gasteiger partial charge is 0.124 e. The minimum Gasteiger partial charge on any atom is -0.497 e. The number of aromatic nitrogens is 4. The highest BCUT2D eigenvalue weighted by molar-refractivity contribution is 5.94. The van der Waals surface area contributed by atoms with E-state index in [1.54, 1.807) is 13.3 Å². The number of benzene rings is 2. The molecule has 2 aromatic heterocycles. The number of ether oxygens (including phenoxy) is 3. The van der Waals surface area contributed by atoms with Crippen molar-refractivity contribution in [3.05, 3.63) is 59.4 Å². The molecule has 0 aliphatic rings. The lowest BCUT2D eigenvalue weighted by molar-refractivity contribution is 0.225. The summed E-state index contributed by atoms with van der Waals surface area (Å²) in [6.07, 6.45) is 1.65. The second kappa shape index (κ2) is 8.86. The molecule has 0 spiro atoms. The Morgan fingerprint density at radius 3 is 2.41 bits per heavy atom. The third-order valence-corrected chi connectivity index (χ3v) is 5.29. The first-order valence-electron chi connectivity index (χ1n) is 10.7. The van der Waals surface area contributed by atoms with E-state index in [1.165, 1.54) is 0 Å². The van der Waals surface area contributed by atoms with E-state index in [1.807, 2.05) is 71.0 Å². The van der Waals surface area contributed by atoms with Crippen molar-refractivity contribution in [1.29, 1.82) is 0 Å². The number of aryl methyl sites for hydroxylation is 2. The van der Waals surface area contributed by atoms with Crippen molar-refractivity contribution in [2.24, 2.45) is 0 Å². The van der Waals surface area contributed by atoms with Gasteiger partial charge in [-0.05, 0) is 70.5 Å². The van der Waals surface area contributed by atoms with Crippen molar-refractivity contribution < 1.29 is 14.2 Å². The molecule has 166 valence electrons. The van der Waals surface area contributed by atoms with Gasteiger partial charge < -0.3 is 14.2 Å². The molecule has 1 N–H and O–H groups in total. The molecular formula is C25H28N4O3. The number of nitrogens with zero attached hydrogens (tertiary/aromatic N) is 3. The number of methoxy groups -OCH3 is 1. The lowest BCUT2D eigenvalue weighted by Gasteiger charge is -2.18. The third-order valence-electron chi connectivity index (χ3n) is 5.29. The van der Waals surface area contributed by atoms with E-state index in [4.69, 9.17) is 14.2 Å². The summed E-state index contributed by atoms with van der Waals surface area (Å²) in [5.74, 6) is 2.21. The quantitative estimate of drug-likeness (QED) is 0.411. The summed E-state index contributed by atoms with van der Waals surface area (Å²) in [4.78, 5) is 0. The standard InChI is InChI=1S/C25H28N4O3/c1-14(2)31-21-10-18(9-20(11-21)30-6)25-22-12-19(7-8-23(22)28-29-25)32-17(5)24-15(3)13-26-27-16(24)4/h7-14,17H,1-6H3,(H,28,29)/t17-/m1/s1. The zero-order valence-corrected chi connectivity index (χ0v) is 19.3. The van der Waals surface area contributed by atoms with Crippen molar-refractivity contribution in [3.63, 3.8) is 0 Å². The fourth-order valence-corrected chi connectivity index (χ4v) is 3.94. The monoisotopic (exact) mass is 432 g/mol. The first-order valence-corrected chi connectivity index (χ1v) is 10.7. The van der Waals surface area contributed by atoms with E-state index < -0.39 is 0 Å². The molecule has 0 aliphatic carbocycles. The number of nitrogens with one attached hydrogen (secondary N) is 1. The lowest BCUT2D eigenvalue weighted by Crippen LogP contribution is -2.09. The maximum Gasteiger partial charge on any atom is 0.124 e. The van der Waals surface area contributed by atoms with E-state index in [9.17, 15) is 0 Å². The number of fused-ring (bicyclic) bond motifs is 1. The molecule has 0 unspecified atom stereocenters. The highest BCUT2D eigenvalue weighted by Crippen LogP contribution is 2.35. The van der Waals surface area contributed by atoms with Crippen LogP contribution in [0.15, 0.2) is 42.6 Å². The number of hydrogen-bond donors (Lipinski definition) is 1. The molecule has 2 heterocycles. The Balaban J connectivity index is 1.71. The minimum atomic E-state index is -0.166. The van der Waals surface area contributed by atoms with Crippen LogP contribution in [0.5, 0.6) is 17.2 Å². The summed E-state index contributed by atoms with van der Waals surface area (Å²) in [6.45, 7) is 9.99. The SMILES string of the molecule is COc1cc(OC(C)C)cc(-c2n[nH]c3ccc(O[C@H](C)c4c(C)cnnc4C)cc23)c1. The fraction of sp³-hybridized carbons (Fsp3) is 0.320. The lowest BCUT2D eigenvalue weighted by atomic mass is 10.0. The van der Waals surface area contributed by atoms with Gasteiger partial charge in [0.05, 0.1) is 30.6 Å². The van der Waals surface area contributed by atoms with Gasteiger partial charge in [-0.2, -0.15) is 15.3 Å². The summed E-state index contributed by atoms with van der Waals surface area (Å²) in [6, 6.07) is 11.7. The zero-order valence-electron chi connectivity index (χ0n) is 19.3. The van der Waals surface area contributed by atoms with Gasteiger partial charge in [-0.3, -0.25) is 5.10 Å². The minimum absolute atomic E-state index is 0.0574. The molecule has 0 saturated carbocycles. The van der Waals surface area contributed by atoms with E-state index in [-0.39, 0.29) is 12.2 Å². The summed E-state index contributed by atoms with van der Waals surface area (Å²) >= 11 is 0. The van der Waals surface area contributed by atoms with Crippen LogP contribution in [-0.2, 0) is 0 Å². The second-order valence-corrected chi connectivity index (χ2v) is 8.13. The van der Waals surface area contributed by atoms with Crippen LogP contribution in [0.1, 0.15) is 43.7 Å². The third kappa shape index (κ3) is 4.37. The summed E-state index contributed by atoms with van der Waals surface area (Å²) in [5.41, 5.74) is 5.62. The van der Waals surface area contributed by atoms with Gasteiger partial charge in [-0.15, -0.1) is 0 Å². The van der Waals surface area contributed by atoms with Crippen molar-refractivity contribution in [3.8, 4) is 28.5 Å². The van der Waals surface area contributed by atoms with Crippen molar-refractivity contribution >= 4 is 10.9 Å². The van der Waals surface area contributed by atoms with Gasteiger partial charge in [-0.25, -0.2) is 0 Å². The van der Waals surface area contributed by atoms with Crippen LogP contribution < -0.4 is 14.2 Å². The maximum atomic E-state index is 6.29. The second-order valence-electron chi connectivity index (χ2n) is 8.13. The molecule has 0 amide bonds. The maximum absolute atomic E-state index is 6.29. The molecule has 0 saturated heterocycles. The average molecular weight is 433 g/mol. The predicted molar refractivity (Wildman–Crippen MR) is 124 cm³/mol. The summed E-state index contributed by atoms with van der Waals surface area (Å²) in [5, 5.41) is 16.8. The largest absolute Gasteiger partial charge is 0.497 e. The average Bonchev–Trinajstić information content (AvgIpc) is 3.16. The summed E-state index contributed by atoms with van der Waals surface area (Å²) < 4.78 is 17.7. The Kier molecular flexibility index (Phi) is 5.99. The van der Waals surface area contributed by atoms with E-state index in [0.717, 1.165) is 50.5 Å². The van der Waals surface area contributed by atoms with Crippen LogP contribution in [0, 0.1) is 13.8 Å². The van der Waals surface area contributed by atoms with Gasteiger partial charge in [0.2, 0.25) is 0 Å². The molecule has 0 fully saturated rings. The molecule has 2 aromatic carbocycles. The molecule has 32 heavy (non-hydrogen) atoms. The Morgan fingerprint density at radius 2 is 1.69 bits per heavy atom. The molecule has 4 rings (SSSR count). The van der Waals surface area contributed by atoms with E-state index >= 15 is 0 Å². The molecule has 4 aromatic rings. The molecule has 1 atom stereocenters. The van der Waals surface area contributed by atoms with E-state index in [2.05, 4.69) is 20.4 Å². The Morgan fingerprint density at radius 1 is 0.906 bits per heavy atom. The highest BCUT2D eigenvalue weighted by Gasteiger charge is 2.17. The van der Waals surface area contributed by atoms with Crippen LogP contribution in [0.3, 0.4) is 0 Å². The van der Waals surface area contributed by atoms with Crippen LogP contribution in [0.25, 0.3) is 22.2 Å². The van der Waals surface area contributed by atoms with Gasteiger partial charge in [-0.1, -0.05) is 0 Å². The number of H-pyrrole nitrogens is 1. The molecule has 7 nitrogen and oxygen atoms in total. The highest BCUT2D eigenvalue weighted by atomic mass is 16.5. The Labute approximate surface area is 187 Å². The number of rotatable bonds is 7. The van der Waals surface area contributed by atoms with Crippen molar-refractivity contribution in [1.82, 2.24) is 20.4 Å². The summed E-state index contributed by atoms with van der Waals surface area (Å²) in [7, 11) is 1.65. The van der Waals surface area contributed by atoms with E-state index in [0.29, 0.717) is 5.75 Å². The van der Waals surface area contributed by atoms with Crippen LogP contribution in [0.4, 0.5) is 0 Å². The molecule has 0 aliphatic heterocycles. The van der Waals surface area contributed by atoms with Gasteiger partial charge in [0.15, 0.2) is 0 Å². The van der Waals surface area contributed by atoms with Crippen molar-refractivity contribution in [2.75, 3.05) is 7.11 Å². The molecular weight excluding hydrogens is 404 g/mol. The Bertz CT molecular complexity index is 1230. The van der Waals surface area contributed by atoms with Crippen molar-refractivity contribution in [2.45, 2.75) is 46.8 Å². The van der Waals surface area contributed by atoms with Gasteiger partial charge in [0.1, 0.15) is 29.0 Å². The first-order chi connectivity index (χ1) is 15.4. The number of aromatic amines is 1. The van der Waals surface area contributed by atoms with Crippen LogP contribution in [0.2, 0.25) is 0 Å². The molecule has 0 bridgehead atoms.